The van der Waals surface area contributed by atoms with Gasteiger partial charge in [-0.1, -0.05) is 0 Å². The number of halogens is 4. The van der Waals surface area contributed by atoms with Crippen LogP contribution in [0.5, 0.6) is 0 Å². The number of hydrogen-bond acceptors (Lipinski definition) is 1. The fraction of sp³-hybridized carbons (Fsp3) is 0.222. The predicted molar refractivity (Wildman–Crippen MR) is 40.9 cm³/mol. The zero-order valence-corrected chi connectivity index (χ0v) is 7.11. The van der Waals surface area contributed by atoms with E-state index in [-0.39, 0.29) is 5.56 Å². The number of aryl methyl sites for hydroxylation is 1. The summed E-state index contributed by atoms with van der Waals surface area (Å²) < 4.78 is 49.5. The molecule has 0 atom stereocenters. The Morgan fingerprint density at radius 2 is 1.86 bits per heavy atom. The lowest BCUT2D eigenvalue weighted by molar-refractivity contribution is -0.138. The summed E-state index contributed by atoms with van der Waals surface area (Å²) in [4.78, 5) is 0. The van der Waals surface area contributed by atoms with Gasteiger partial charge in [-0.25, -0.2) is 4.39 Å². The maximum atomic E-state index is 12.8. The molecule has 0 heterocycles. The Balaban J connectivity index is 3.45. The van der Waals surface area contributed by atoms with E-state index in [4.69, 9.17) is 5.26 Å². The van der Waals surface area contributed by atoms with Crippen molar-refractivity contribution < 1.29 is 17.6 Å². The molecule has 14 heavy (non-hydrogen) atoms. The van der Waals surface area contributed by atoms with Crippen LogP contribution in [0.2, 0.25) is 0 Å². The van der Waals surface area contributed by atoms with Crippen LogP contribution in [-0.2, 0) is 6.18 Å². The van der Waals surface area contributed by atoms with Gasteiger partial charge in [0.2, 0.25) is 0 Å². The summed E-state index contributed by atoms with van der Waals surface area (Å²) in [5, 5.41) is 8.42. The van der Waals surface area contributed by atoms with Gasteiger partial charge in [-0.3, -0.25) is 0 Å². The molecule has 0 aliphatic heterocycles. The molecule has 74 valence electrons. The molecular weight excluding hydrogens is 198 g/mol. The molecule has 0 saturated carbocycles. The first-order chi connectivity index (χ1) is 6.36. The van der Waals surface area contributed by atoms with Gasteiger partial charge >= 0.3 is 6.18 Å². The third kappa shape index (κ3) is 1.84. The predicted octanol–water partition coefficient (Wildman–Crippen LogP) is 3.02. The Morgan fingerprint density at radius 3 is 2.29 bits per heavy atom. The topological polar surface area (TPSA) is 23.8 Å². The normalized spacial score (nSPS) is 11.1. The molecule has 0 aliphatic carbocycles. The van der Waals surface area contributed by atoms with E-state index >= 15 is 0 Å². The molecule has 0 amide bonds. The minimum Gasteiger partial charge on any atom is -0.207 e. The van der Waals surface area contributed by atoms with Crippen molar-refractivity contribution in [1.29, 1.82) is 5.26 Å². The first-order valence-electron chi connectivity index (χ1n) is 3.63. The van der Waals surface area contributed by atoms with E-state index in [1.54, 1.807) is 0 Å². The molecule has 0 spiro atoms. The second-order valence-corrected chi connectivity index (χ2v) is 2.76. The molecule has 1 aromatic carbocycles. The average Bonchev–Trinajstić information content (AvgIpc) is 2.07. The number of hydrogen-bond donors (Lipinski definition) is 0. The van der Waals surface area contributed by atoms with Gasteiger partial charge in [0, 0.05) is 0 Å². The van der Waals surface area contributed by atoms with Crippen molar-refractivity contribution in [3.63, 3.8) is 0 Å². The van der Waals surface area contributed by atoms with Gasteiger partial charge in [-0.2, -0.15) is 18.4 Å². The highest BCUT2D eigenvalue weighted by Gasteiger charge is 2.34. The molecule has 1 aromatic rings. The van der Waals surface area contributed by atoms with Gasteiger partial charge in [-0.15, -0.1) is 0 Å². The van der Waals surface area contributed by atoms with Crippen LogP contribution in [0.4, 0.5) is 17.6 Å². The molecule has 0 unspecified atom stereocenters. The maximum absolute atomic E-state index is 12.8. The summed E-state index contributed by atoms with van der Waals surface area (Å²) in [5.41, 5.74) is -1.77. The second kappa shape index (κ2) is 3.29. The number of nitrogens with zero attached hydrogens (tertiary/aromatic N) is 1. The van der Waals surface area contributed by atoms with Gasteiger partial charge in [0.1, 0.15) is 5.82 Å². The minimum absolute atomic E-state index is 0.0227. The molecule has 0 N–H and O–H groups in total. The molecule has 1 nitrogen and oxygen atoms in total. The van der Waals surface area contributed by atoms with Crippen molar-refractivity contribution in [1.82, 2.24) is 0 Å². The lowest BCUT2D eigenvalue weighted by Crippen LogP contribution is -2.09. The smallest absolute Gasteiger partial charge is 0.207 e. The van der Waals surface area contributed by atoms with Crippen molar-refractivity contribution in [3.05, 3.63) is 34.6 Å². The first kappa shape index (κ1) is 10.5. The van der Waals surface area contributed by atoms with E-state index in [2.05, 4.69) is 0 Å². The maximum Gasteiger partial charge on any atom is 0.417 e. The van der Waals surface area contributed by atoms with E-state index in [0.717, 1.165) is 6.07 Å². The van der Waals surface area contributed by atoms with Gasteiger partial charge < -0.3 is 0 Å². The molecule has 0 aliphatic rings. The summed E-state index contributed by atoms with van der Waals surface area (Å²) >= 11 is 0. The largest absolute Gasteiger partial charge is 0.417 e. The monoisotopic (exact) mass is 203 g/mol. The van der Waals surface area contributed by atoms with Crippen molar-refractivity contribution in [3.8, 4) is 6.07 Å². The average molecular weight is 203 g/mol. The molecule has 0 radical (unpaired) electrons. The standard InChI is InChI=1S/C9H5F4N/c1-5-2-6(4-14)7(3-8(5)10)9(11,12)13/h2-3H,1H3. The fourth-order valence-corrected chi connectivity index (χ4v) is 1.01. The van der Waals surface area contributed by atoms with Gasteiger partial charge in [0.25, 0.3) is 0 Å². The van der Waals surface area contributed by atoms with E-state index in [9.17, 15) is 17.6 Å². The summed E-state index contributed by atoms with van der Waals surface area (Å²) in [5.74, 6) is -0.962. The highest BCUT2D eigenvalue weighted by Crippen LogP contribution is 2.32. The molecule has 0 saturated heterocycles. The van der Waals surface area contributed by atoms with E-state index < -0.39 is 23.1 Å². The molecule has 0 fully saturated rings. The Hall–Kier alpha value is -1.57. The highest BCUT2D eigenvalue weighted by molar-refractivity contribution is 5.42. The molecule has 5 heteroatoms. The Labute approximate surface area is 77.6 Å². The van der Waals surface area contributed by atoms with Crippen molar-refractivity contribution in [2.24, 2.45) is 0 Å². The molecule has 0 bridgehead atoms. The summed E-state index contributed by atoms with van der Waals surface area (Å²) in [7, 11) is 0. The van der Waals surface area contributed by atoms with Crippen LogP contribution in [0.1, 0.15) is 16.7 Å². The van der Waals surface area contributed by atoms with Gasteiger partial charge in [-0.05, 0) is 24.6 Å². The molecule has 1 rings (SSSR count). The second-order valence-electron chi connectivity index (χ2n) is 2.76. The lowest BCUT2D eigenvalue weighted by Gasteiger charge is -2.09. The fourth-order valence-electron chi connectivity index (χ4n) is 1.01. The highest BCUT2D eigenvalue weighted by atomic mass is 19.4. The zero-order chi connectivity index (χ0) is 10.9. The number of alkyl halides is 3. The van der Waals surface area contributed by atoms with Crippen molar-refractivity contribution in [2.45, 2.75) is 13.1 Å². The van der Waals surface area contributed by atoms with Crippen molar-refractivity contribution >= 4 is 0 Å². The van der Waals surface area contributed by atoms with Crippen LogP contribution < -0.4 is 0 Å². The van der Waals surface area contributed by atoms with E-state index in [1.807, 2.05) is 0 Å². The number of nitriles is 1. The van der Waals surface area contributed by atoms with E-state index in [1.165, 1.54) is 13.0 Å². The van der Waals surface area contributed by atoms with Crippen molar-refractivity contribution in [2.75, 3.05) is 0 Å². The third-order valence-corrected chi connectivity index (χ3v) is 1.72. The zero-order valence-electron chi connectivity index (χ0n) is 7.11. The number of benzene rings is 1. The summed E-state index contributed by atoms with van der Waals surface area (Å²) in [6.45, 7) is 1.30. The summed E-state index contributed by atoms with van der Waals surface area (Å²) in [6, 6.07) is 2.61. The Morgan fingerprint density at radius 1 is 1.29 bits per heavy atom. The van der Waals surface area contributed by atoms with E-state index in [0.29, 0.717) is 6.07 Å². The number of rotatable bonds is 0. The van der Waals surface area contributed by atoms with Crippen LogP contribution in [0.25, 0.3) is 0 Å². The SMILES string of the molecule is Cc1cc(C#N)c(C(F)(F)F)cc1F. The molecule has 0 aromatic heterocycles. The van der Waals surface area contributed by atoms with Crippen LogP contribution >= 0.6 is 0 Å². The summed E-state index contributed by atoms with van der Waals surface area (Å²) in [6.07, 6.45) is -4.69. The Kier molecular flexibility index (Phi) is 2.47. The minimum atomic E-state index is -4.69. The lowest BCUT2D eigenvalue weighted by atomic mass is 10.0. The van der Waals surface area contributed by atoms with Crippen LogP contribution in [0, 0.1) is 24.1 Å². The Bertz CT molecular complexity index is 400. The quantitative estimate of drug-likeness (QED) is 0.594. The third-order valence-electron chi connectivity index (χ3n) is 1.72. The molecular formula is C9H5F4N. The van der Waals surface area contributed by atoms with Gasteiger partial charge in [0.05, 0.1) is 17.2 Å². The van der Waals surface area contributed by atoms with Crippen LogP contribution in [0.15, 0.2) is 12.1 Å². The van der Waals surface area contributed by atoms with Crippen LogP contribution in [0.3, 0.4) is 0 Å². The van der Waals surface area contributed by atoms with Crippen LogP contribution in [-0.4, -0.2) is 0 Å². The first-order valence-corrected chi connectivity index (χ1v) is 3.63. The van der Waals surface area contributed by atoms with Gasteiger partial charge in [0.15, 0.2) is 0 Å².